The Labute approximate surface area is 116 Å². The largest absolute Gasteiger partial charge is 0.352 e. The number of rotatable bonds is 3. The third kappa shape index (κ3) is 3.68. The zero-order chi connectivity index (χ0) is 13.9. The monoisotopic (exact) mass is 268 g/mol. The standard InChI is InChI=1S/C14H28N4O/c1-14(2,18-10-6-15-7-11-18)13(19)16-12-4-8-17(3)9-5-12/h12,15H,4-11H2,1-3H3,(H,16,19). The van der Waals surface area contributed by atoms with Crippen molar-refractivity contribution in [3.8, 4) is 0 Å². The summed E-state index contributed by atoms with van der Waals surface area (Å²) in [5.41, 5.74) is -0.397. The van der Waals surface area contributed by atoms with Crippen LogP contribution in [-0.4, -0.2) is 73.6 Å². The molecular formula is C14H28N4O. The number of piperazine rings is 1. The second-order valence-corrected chi connectivity index (χ2v) is 6.35. The summed E-state index contributed by atoms with van der Waals surface area (Å²) in [4.78, 5) is 17.1. The summed E-state index contributed by atoms with van der Waals surface area (Å²) in [6, 6.07) is 0.353. The van der Waals surface area contributed by atoms with Gasteiger partial charge in [0, 0.05) is 32.2 Å². The van der Waals surface area contributed by atoms with Crippen LogP contribution < -0.4 is 10.6 Å². The van der Waals surface area contributed by atoms with Crippen LogP contribution in [0.15, 0.2) is 0 Å². The van der Waals surface area contributed by atoms with E-state index in [1.54, 1.807) is 0 Å². The zero-order valence-electron chi connectivity index (χ0n) is 12.5. The fourth-order valence-electron chi connectivity index (χ4n) is 2.88. The summed E-state index contributed by atoms with van der Waals surface area (Å²) in [5, 5.41) is 6.58. The Balaban J connectivity index is 1.87. The molecule has 0 saturated carbocycles. The van der Waals surface area contributed by atoms with Gasteiger partial charge in [0.25, 0.3) is 0 Å². The Kier molecular flexibility index (Phi) is 4.81. The summed E-state index contributed by atoms with van der Waals surface area (Å²) in [6.07, 6.45) is 2.14. The fraction of sp³-hybridized carbons (Fsp3) is 0.929. The molecule has 0 bridgehead atoms. The third-order valence-corrected chi connectivity index (χ3v) is 4.52. The highest BCUT2D eigenvalue weighted by Crippen LogP contribution is 2.17. The molecule has 1 amide bonds. The number of hydrogen-bond acceptors (Lipinski definition) is 4. The molecule has 0 aromatic heterocycles. The molecule has 0 radical (unpaired) electrons. The molecule has 0 aromatic carbocycles. The van der Waals surface area contributed by atoms with Gasteiger partial charge in [0.05, 0.1) is 5.54 Å². The van der Waals surface area contributed by atoms with Gasteiger partial charge < -0.3 is 15.5 Å². The van der Waals surface area contributed by atoms with Crippen molar-refractivity contribution in [3.63, 3.8) is 0 Å². The number of hydrogen-bond donors (Lipinski definition) is 2. The van der Waals surface area contributed by atoms with Gasteiger partial charge in [0.1, 0.15) is 0 Å². The molecule has 5 heteroatoms. The minimum atomic E-state index is -0.397. The minimum absolute atomic E-state index is 0.184. The molecule has 0 spiro atoms. The number of piperidine rings is 1. The molecule has 0 aliphatic carbocycles. The maximum Gasteiger partial charge on any atom is 0.240 e. The van der Waals surface area contributed by atoms with Crippen molar-refractivity contribution in [2.75, 3.05) is 46.3 Å². The van der Waals surface area contributed by atoms with Gasteiger partial charge in [-0.25, -0.2) is 0 Å². The van der Waals surface area contributed by atoms with Crippen LogP contribution in [0.25, 0.3) is 0 Å². The average molecular weight is 268 g/mol. The van der Waals surface area contributed by atoms with E-state index in [-0.39, 0.29) is 5.91 Å². The van der Waals surface area contributed by atoms with E-state index in [0.717, 1.165) is 52.1 Å². The first-order chi connectivity index (χ1) is 9.00. The Morgan fingerprint density at radius 2 is 1.74 bits per heavy atom. The second kappa shape index (κ2) is 6.20. The van der Waals surface area contributed by atoms with E-state index < -0.39 is 5.54 Å². The van der Waals surface area contributed by atoms with Gasteiger partial charge in [0.15, 0.2) is 0 Å². The fourth-order valence-corrected chi connectivity index (χ4v) is 2.88. The average Bonchev–Trinajstić information content (AvgIpc) is 2.42. The first-order valence-corrected chi connectivity index (χ1v) is 7.45. The first kappa shape index (κ1) is 14.8. The van der Waals surface area contributed by atoms with Crippen LogP contribution in [0.5, 0.6) is 0 Å². The van der Waals surface area contributed by atoms with Crippen LogP contribution in [-0.2, 0) is 4.79 Å². The lowest BCUT2D eigenvalue weighted by atomic mass is 9.98. The molecule has 0 atom stereocenters. The molecule has 2 N–H and O–H groups in total. The summed E-state index contributed by atoms with van der Waals surface area (Å²) in [6.45, 7) is 10.1. The van der Waals surface area contributed by atoms with Crippen molar-refractivity contribution in [2.45, 2.75) is 38.3 Å². The van der Waals surface area contributed by atoms with Gasteiger partial charge in [-0.1, -0.05) is 0 Å². The minimum Gasteiger partial charge on any atom is -0.352 e. The summed E-state index contributed by atoms with van der Waals surface area (Å²) in [7, 11) is 2.14. The molecule has 0 unspecified atom stereocenters. The molecule has 2 rings (SSSR count). The van der Waals surface area contributed by atoms with E-state index in [1.165, 1.54) is 0 Å². The van der Waals surface area contributed by atoms with Crippen molar-refractivity contribution in [1.82, 2.24) is 20.4 Å². The molecule has 0 aromatic rings. The van der Waals surface area contributed by atoms with Crippen LogP contribution in [0.2, 0.25) is 0 Å². The topological polar surface area (TPSA) is 47.6 Å². The molecule has 5 nitrogen and oxygen atoms in total. The van der Waals surface area contributed by atoms with Gasteiger partial charge in [-0.05, 0) is 46.8 Å². The predicted octanol–water partition coefficient (Wildman–Crippen LogP) is -0.119. The van der Waals surface area contributed by atoms with Crippen molar-refractivity contribution in [3.05, 3.63) is 0 Å². The van der Waals surface area contributed by atoms with E-state index in [9.17, 15) is 4.79 Å². The summed E-state index contributed by atoms with van der Waals surface area (Å²) < 4.78 is 0. The Morgan fingerprint density at radius 1 is 1.16 bits per heavy atom. The SMILES string of the molecule is CN1CCC(NC(=O)C(C)(C)N2CCNCC2)CC1. The van der Waals surface area contributed by atoms with Crippen LogP contribution in [0.1, 0.15) is 26.7 Å². The molecule has 2 heterocycles. The molecule has 110 valence electrons. The van der Waals surface area contributed by atoms with Gasteiger partial charge in [-0.15, -0.1) is 0 Å². The molecular weight excluding hydrogens is 240 g/mol. The number of carbonyl (C=O) groups is 1. The van der Waals surface area contributed by atoms with Gasteiger partial charge in [0.2, 0.25) is 5.91 Å². The molecule has 2 aliphatic rings. The van der Waals surface area contributed by atoms with E-state index in [0.29, 0.717) is 6.04 Å². The van der Waals surface area contributed by atoms with Crippen molar-refractivity contribution in [2.24, 2.45) is 0 Å². The Hall–Kier alpha value is -0.650. The van der Waals surface area contributed by atoms with Gasteiger partial charge in [-0.2, -0.15) is 0 Å². The van der Waals surface area contributed by atoms with Crippen molar-refractivity contribution in [1.29, 1.82) is 0 Å². The van der Waals surface area contributed by atoms with E-state index in [2.05, 4.69) is 27.5 Å². The quantitative estimate of drug-likeness (QED) is 0.749. The van der Waals surface area contributed by atoms with Gasteiger partial charge in [-0.3, -0.25) is 9.69 Å². The normalized spacial score (nSPS) is 24.4. The van der Waals surface area contributed by atoms with E-state index in [1.807, 2.05) is 13.8 Å². The molecule has 2 fully saturated rings. The number of amides is 1. The zero-order valence-corrected chi connectivity index (χ0v) is 12.5. The molecule has 2 aliphatic heterocycles. The summed E-state index contributed by atoms with van der Waals surface area (Å²) >= 11 is 0. The van der Waals surface area contributed by atoms with Crippen molar-refractivity contribution >= 4 is 5.91 Å². The predicted molar refractivity (Wildman–Crippen MR) is 77.2 cm³/mol. The third-order valence-electron chi connectivity index (χ3n) is 4.52. The smallest absolute Gasteiger partial charge is 0.240 e. The summed E-state index contributed by atoms with van der Waals surface area (Å²) in [5.74, 6) is 0.184. The first-order valence-electron chi connectivity index (χ1n) is 7.45. The lowest BCUT2D eigenvalue weighted by molar-refractivity contribution is -0.133. The van der Waals surface area contributed by atoms with Crippen molar-refractivity contribution < 1.29 is 4.79 Å². The lowest BCUT2D eigenvalue weighted by Gasteiger charge is -2.41. The van der Waals surface area contributed by atoms with E-state index in [4.69, 9.17) is 0 Å². The molecule has 2 saturated heterocycles. The van der Waals surface area contributed by atoms with Gasteiger partial charge >= 0.3 is 0 Å². The molecule has 19 heavy (non-hydrogen) atoms. The Bertz CT molecular complexity index is 305. The van der Waals surface area contributed by atoms with Crippen LogP contribution in [0, 0.1) is 0 Å². The van der Waals surface area contributed by atoms with Crippen LogP contribution in [0.3, 0.4) is 0 Å². The number of nitrogens with one attached hydrogen (secondary N) is 2. The Morgan fingerprint density at radius 3 is 2.32 bits per heavy atom. The number of nitrogens with zero attached hydrogens (tertiary/aromatic N) is 2. The maximum atomic E-state index is 12.5. The highest BCUT2D eigenvalue weighted by atomic mass is 16.2. The maximum absolute atomic E-state index is 12.5. The number of likely N-dealkylation sites (tertiary alicyclic amines) is 1. The highest BCUT2D eigenvalue weighted by molar-refractivity contribution is 5.85. The second-order valence-electron chi connectivity index (χ2n) is 6.35. The van der Waals surface area contributed by atoms with E-state index >= 15 is 0 Å². The number of carbonyl (C=O) groups excluding carboxylic acids is 1. The highest BCUT2D eigenvalue weighted by Gasteiger charge is 2.36. The van der Waals surface area contributed by atoms with Crippen LogP contribution in [0.4, 0.5) is 0 Å². The lowest BCUT2D eigenvalue weighted by Crippen LogP contribution is -2.61. The van der Waals surface area contributed by atoms with Crippen LogP contribution >= 0.6 is 0 Å².